The Kier molecular flexibility index (Phi) is 10.9. The van der Waals surface area contributed by atoms with Gasteiger partial charge >= 0.3 is 0 Å². The van der Waals surface area contributed by atoms with E-state index in [0.717, 1.165) is 31.9 Å². The molecule has 0 radical (unpaired) electrons. The van der Waals surface area contributed by atoms with Crippen LogP contribution in [0.5, 0.6) is 5.75 Å². The van der Waals surface area contributed by atoms with Gasteiger partial charge in [-0.05, 0) is 48.5 Å². The van der Waals surface area contributed by atoms with E-state index in [1.165, 1.54) is 19.1 Å². The van der Waals surface area contributed by atoms with Gasteiger partial charge in [-0.2, -0.15) is 0 Å². The van der Waals surface area contributed by atoms with Gasteiger partial charge < -0.3 is 44.9 Å². The maximum absolute atomic E-state index is 13.0. The molecule has 0 aromatic heterocycles. The van der Waals surface area contributed by atoms with Crippen LogP contribution >= 0.6 is 0 Å². The first kappa shape index (κ1) is 26.0. The summed E-state index contributed by atoms with van der Waals surface area (Å²) in [6, 6.07) is 13.6. The van der Waals surface area contributed by atoms with Crippen molar-refractivity contribution in [1.29, 1.82) is 0 Å². The van der Waals surface area contributed by atoms with Crippen molar-refractivity contribution in [2.75, 3.05) is 49.5 Å². The molecule has 1 fully saturated rings. The normalized spacial score (nSPS) is 14.8. The van der Waals surface area contributed by atoms with Crippen molar-refractivity contribution in [3.63, 3.8) is 0 Å². The fourth-order valence-corrected chi connectivity index (χ4v) is 3.22. The average Bonchev–Trinajstić information content (AvgIpc) is 2.68. The van der Waals surface area contributed by atoms with Crippen molar-refractivity contribution in [1.82, 2.24) is 4.90 Å². The third-order valence-electron chi connectivity index (χ3n) is 4.65. The monoisotopic (exact) mass is 457 g/mol. The number of nitrogens with zero attached hydrogens (tertiary/aromatic N) is 2. The second-order valence-electron chi connectivity index (χ2n) is 6.93. The lowest BCUT2D eigenvalue weighted by Gasteiger charge is -2.36. The number of hydrogen-bond acceptors (Lipinski definition) is 5. The minimum atomic E-state index is -0.590. The highest BCUT2D eigenvalue weighted by Gasteiger charge is 2.19. The highest BCUT2D eigenvalue weighted by molar-refractivity contribution is 5.88. The zero-order valence-electron chi connectivity index (χ0n) is 16.7. The number of hydrogen-bond donors (Lipinski definition) is 2. The predicted octanol–water partition coefficient (Wildman–Crippen LogP) is -3.65. The van der Waals surface area contributed by atoms with Gasteiger partial charge in [-0.1, -0.05) is 0 Å². The molecule has 6 nitrogen and oxygen atoms in total. The third-order valence-corrected chi connectivity index (χ3v) is 4.65. The number of benzene rings is 2. The van der Waals surface area contributed by atoms with Gasteiger partial charge in [0.2, 0.25) is 5.91 Å². The lowest BCUT2D eigenvalue weighted by molar-refractivity contribution is -0.114. The second kappa shape index (κ2) is 12.6. The van der Waals surface area contributed by atoms with Crippen molar-refractivity contribution in [2.24, 2.45) is 0 Å². The van der Waals surface area contributed by atoms with Gasteiger partial charge in [0.25, 0.3) is 0 Å². The molecule has 2 N–H and O–H groups in total. The SMILES string of the molecule is CC(=O)Nc1ccc(OCC(O)CN2CCN(c3ccc(F)cc3)CC2)cc1.[Cl-].[Cl-]. The highest BCUT2D eigenvalue weighted by Crippen LogP contribution is 2.18. The Balaban J connectivity index is 0.00000225. The standard InChI is InChI=1S/C21H26FN3O3.2ClH/c1-16(26)23-18-4-8-21(9-5-18)28-15-20(27)14-24-10-12-25(13-11-24)19-6-2-17(22)3-7-19;;/h2-9,20,27H,10-15H2,1H3,(H,23,26);2*1H/p-2. The number of amides is 1. The summed E-state index contributed by atoms with van der Waals surface area (Å²) in [7, 11) is 0. The summed E-state index contributed by atoms with van der Waals surface area (Å²) in [5.74, 6) is 0.299. The first-order valence-corrected chi connectivity index (χ1v) is 9.41. The summed E-state index contributed by atoms with van der Waals surface area (Å²) in [6.07, 6.45) is -0.590. The molecular formula is C21H26Cl2FN3O3-2. The van der Waals surface area contributed by atoms with E-state index in [9.17, 15) is 14.3 Å². The zero-order valence-corrected chi connectivity index (χ0v) is 18.2. The fraction of sp³-hybridized carbons (Fsp3) is 0.381. The Morgan fingerprint density at radius 2 is 1.67 bits per heavy atom. The number of aliphatic hydroxyl groups is 1. The molecule has 0 bridgehead atoms. The molecule has 1 aliphatic rings. The van der Waals surface area contributed by atoms with Crippen LogP contribution in [0.15, 0.2) is 48.5 Å². The molecule has 1 saturated heterocycles. The minimum Gasteiger partial charge on any atom is -1.00 e. The molecule has 1 amide bonds. The van der Waals surface area contributed by atoms with E-state index in [1.54, 1.807) is 36.4 Å². The van der Waals surface area contributed by atoms with Crippen molar-refractivity contribution in [2.45, 2.75) is 13.0 Å². The fourth-order valence-electron chi connectivity index (χ4n) is 3.22. The summed E-state index contributed by atoms with van der Waals surface area (Å²) in [6.45, 7) is 5.55. The van der Waals surface area contributed by atoms with Crippen LogP contribution in [0.2, 0.25) is 0 Å². The number of ether oxygens (including phenoxy) is 1. The number of nitrogens with one attached hydrogen (secondary N) is 1. The lowest BCUT2D eigenvalue weighted by Crippen LogP contribution is -3.00. The topological polar surface area (TPSA) is 65.0 Å². The van der Waals surface area contributed by atoms with Crippen LogP contribution in [0.1, 0.15) is 6.92 Å². The van der Waals surface area contributed by atoms with Crippen LogP contribution in [-0.2, 0) is 4.79 Å². The number of β-amino-alcohol motifs (C(OH)–C–C–N with tert-alkyl or cyclic N) is 1. The van der Waals surface area contributed by atoms with E-state index in [-0.39, 0.29) is 43.1 Å². The van der Waals surface area contributed by atoms with Crippen LogP contribution in [0.3, 0.4) is 0 Å². The largest absolute Gasteiger partial charge is 1.00 e. The molecule has 3 rings (SSSR count). The molecule has 30 heavy (non-hydrogen) atoms. The molecule has 1 aliphatic heterocycles. The highest BCUT2D eigenvalue weighted by atomic mass is 35.5. The van der Waals surface area contributed by atoms with Gasteiger partial charge in [0.1, 0.15) is 24.3 Å². The smallest absolute Gasteiger partial charge is 0.221 e. The summed E-state index contributed by atoms with van der Waals surface area (Å²) < 4.78 is 18.7. The first-order chi connectivity index (χ1) is 13.5. The summed E-state index contributed by atoms with van der Waals surface area (Å²) in [5, 5.41) is 13.0. The number of anilines is 2. The van der Waals surface area contributed by atoms with Gasteiger partial charge in [-0.25, -0.2) is 4.39 Å². The first-order valence-electron chi connectivity index (χ1n) is 9.41. The number of carbonyl (C=O) groups is 1. The van der Waals surface area contributed by atoms with Crippen molar-refractivity contribution in [3.05, 3.63) is 54.3 Å². The van der Waals surface area contributed by atoms with Gasteiger partial charge in [0.05, 0.1) is 0 Å². The quantitative estimate of drug-likeness (QED) is 0.449. The zero-order chi connectivity index (χ0) is 19.9. The van der Waals surface area contributed by atoms with Gasteiger partial charge in [-0.3, -0.25) is 9.69 Å². The molecule has 0 saturated carbocycles. The maximum Gasteiger partial charge on any atom is 0.221 e. The number of aliphatic hydroxyl groups excluding tert-OH is 1. The van der Waals surface area contributed by atoms with E-state index in [4.69, 9.17) is 4.74 Å². The molecule has 1 unspecified atom stereocenters. The Labute approximate surface area is 188 Å². The maximum atomic E-state index is 13.0. The number of halogens is 3. The predicted molar refractivity (Wildman–Crippen MR) is 107 cm³/mol. The van der Waals surface area contributed by atoms with Crippen molar-refractivity contribution >= 4 is 17.3 Å². The van der Waals surface area contributed by atoms with E-state index < -0.39 is 6.10 Å². The summed E-state index contributed by atoms with van der Waals surface area (Å²) >= 11 is 0. The summed E-state index contributed by atoms with van der Waals surface area (Å²) in [5.41, 5.74) is 1.73. The van der Waals surface area contributed by atoms with Crippen molar-refractivity contribution < 1.29 is 43.8 Å². The Hall–Kier alpha value is -2.06. The molecule has 1 heterocycles. The van der Waals surface area contributed by atoms with E-state index in [1.807, 2.05) is 0 Å². The minimum absolute atomic E-state index is 0. The molecule has 2 aromatic rings. The molecule has 0 aliphatic carbocycles. The van der Waals surface area contributed by atoms with Gasteiger partial charge in [0, 0.05) is 51.0 Å². The van der Waals surface area contributed by atoms with Crippen LogP contribution in [0.25, 0.3) is 0 Å². The number of rotatable bonds is 7. The second-order valence-corrected chi connectivity index (χ2v) is 6.93. The molecule has 0 spiro atoms. The molecule has 9 heteroatoms. The Morgan fingerprint density at radius 1 is 1.07 bits per heavy atom. The van der Waals surface area contributed by atoms with E-state index >= 15 is 0 Å². The van der Waals surface area contributed by atoms with Gasteiger partial charge in [-0.15, -0.1) is 0 Å². The van der Waals surface area contributed by atoms with E-state index in [2.05, 4.69) is 15.1 Å². The van der Waals surface area contributed by atoms with Crippen LogP contribution in [0, 0.1) is 5.82 Å². The average molecular weight is 458 g/mol. The summed E-state index contributed by atoms with van der Waals surface area (Å²) in [4.78, 5) is 15.4. The molecular weight excluding hydrogens is 432 g/mol. The third kappa shape index (κ3) is 7.99. The van der Waals surface area contributed by atoms with Crippen LogP contribution in [0.4, 0.5) is 15.8 Å². The molecule has 166 valence electrons. The number of carbonyl (C=O) groups excluding carboxylic acids is 1. The van der Waals surface area contributed by atoms with Crippen LogP contribution in [-0.4, -0.2) is 61.3 Å². The number of piperazine rings is 1. The lowest BCUT2D eigenvalue weighted by atomic mass is 10.2. The van der Waals surface area contributed by atoms with Crippen molar-refractivity contribution in [3.8, 4) is 5.75 Å². The van der Waals surface area contributed by atoms with Gasteiger partial charge in [0.15, 0.2) is 0 Å². The van der Waals surface area contributed by atoms with E-state index in [0.29, 0.717) is 18.0 Å². The molecule has 1 atom stereocenters. The Morgan fingerprint density at radius 3 is 2.23 bits per heavy atom. The van der Waals surface area contributed by atoms with Crippen LogP contribution < -0.4 is 39.8 Å². The molecule has 2 aromatic carbocycles. The Bertz CT molecular complexity index is 770.